The molecule has 0 saturated heterocycles. The zero-order valence-corrected chi connectivity index (χ0v) is 14.6. The summed E-state index contributed by atoms with van der Waals surface area (Å²) in [6.07, 6.45) is 6.26. The summed E-state index contributed by atoms with van der Waals surface area (Å²) in [6.45, 7) is 2.23. The fourth-order valence-corrected chi connectivity index (χ4v) is 3.53. The fourth-order valence-electron chi connectivity index (χ4n) is 3.53. The molecule has 0 spiro atoms. The van der Waals surface area contributed by atoms with Crippen LogP contribution in [0.15, 0.2) is 48.9 Å². The summed E-state index contributed by atoms with van der Waals surface area (Å²) in [5.41, 5.74) is 3.62. The predicted octanol–water partition coefficient (Wildman–Crippen LogP) is 2.74. The van der Waals surface area contributed by atoms with Gasteiger partial charge in [-0.15, -0.1) is 0 Å². The van der Waals surface area contributed by atoms with Crippen LogP contribution >= 0.6 is 0 Å². The van der Waals surface area contributed by atoms with E-state index in [9.17, 15) is 9.90 Å². The first-order valence-corrected chi connectivity index (χ1v) is 8.61. The van der Waals surface area contributed by atoms with E-state index in [0.717, 1.165) is 35.6 Å². The molecule has 4 rings (SSSR count). The van der Waals surface area contributed by atoms with Crippen molar-refractivity contribution in [1.29, 1.82) is 0 Å². The molecule has 1 N–H and O–H groups in total. The van der Waals surface area contributed by atoms with E-state index in [1.54, 1.807) is 6.20 Å². The molecule has 6 nitrogen and oxygen atoms in total. The molecule has 1 aliphatic heterocycles. The molecule has 3 heterocycles. The number of benzene rings is 1. The minimum absolute atomic E-state index is 0.338. The van der Waals surface area contributed by atoms with E-state index in [-0.39, 0.29) is 0 Å². The van der Waals surface area contributed by atoms with Gasteiger partial charge in [0.25, 0.3) is 0 Å². The van der Waals surface area contributed by atoms with E-state index >= 15 is 0 Å². The van der Waals surface area contributed by atoms with Crippen molar-refractivity contribution >= 4 is 5.97 Å². The molecule has 1 aromatic carbocycles. The van der Waals surface area contributed by atoms with Crippen LogP contribution in [0.5, 0.6) is 0 Å². The fraction of sp³-hybridized carbons (Fsp3) is 0.250. The van der Waals surface area contributed by atoms with Crippen LogP contribution in [0.25, 0.3) is 11.3 Å². The zero-order chi connectivity index (χ0) is 18.1. The number of imidazole rings is 1. The lowest BCUT2D eigenvalue weighted by Gasteiger charge is -2.29. The van der Waals surface area contributed by atoms with E-state index in [1.165, 1.54) is 0 Å². The van der Waals surface area contributed by atoms with Crippen LogP contribution in [0.4, 0.5) is 0 Å². The molecule has 0 radical (unpaired) electrons. The van der Waals surface area contributed by atoms with Crippen molar-refractivity contribution in [3.63, 3.8) is 0 Å². The average molecular weight is 348 g/mol. The molecular weight excluding hydrogens is 328 g/mol. The number of pyridine rings is 1. The lowest BCUT2D eigenvalue weighted by Crippen LogP contribution is -2.32. The van der Waals surface area contributed by atoms with Gasteiger partial charge < -0.3 is 9.67 Å². The van der Waals surface area contributed by atoms with Gasteiger partial charge in [-0.2, -0.15) is 0 Å². The van der Waals surface area contributed by atoms with Crippen LogP contribution in [0.2, 0.25) is 0 Å². The monoisotopic (exact) mass is 348 g/mol. The smallest absolute Gasteiger partial charge is 0.338 e. The Morgan fingerprint density at radius 2 is 2.04 bits per heavy atom. The molecule has 0 saturated carbocycles. The molecule has 3 aromatic rings. The lowest BCUT2D eigenvalue weighted by atomic mass is 9.92. The van der Waals surface area contributed by atoms with Crippen LogP contribution in [0.3, 0.4) is 0 Å². The van der Waals surface area contributed by atoms with Crippen LogP contribution in [-0.4, -0.2) is 37.1 Å². The minimum atomic E-state index is -0.911. The number of aromatic nitrogens is 3. The van der Waals surface area contributed by atoms with Gasteiger partial charge in [-0.1, -0.05) is 30.3 Å². The maximum Gasteiger partial charge on any atom is 0.338 e. The Kier molecular flexibility index (Phi) is 4.26. The molecule has 132 valence electrons. The third-order valence-corrected chi connectivity index (χ3v) is 4.89. The van der Waals surface area contributed by atoms with Crippen molar-refractivity contribution in [3.05, 3.63) is 71.4 Å². The van der Waals surface area contributed by atoms with Gasteiger partial charge in [-0.05, 0) is 17.5 Å². The highest BCUT2D eigenvalue weighted by Gasteiger charge is 2.26. The first-order valence-electron chi connectivity index (χ1n) is 8.61. The first-order chi connectivity index (χ1) is 12.6. The summed E-state index contributed by atoms with van der Waals surface area (Å²) >= 11 is 0. The highest BCUT2D eigenvalue weighted by Crippen LogP contribution is 2.30. The number of nitrogens with zero attached hydrogens (tertiary/aromatic N) is 4. The van der Waals surface area contributed by atoms with Crippen LogP contribution in [-0.2, 0) is 26.6 Å². The minimum Gasteiger partial charge on any atom is -0.478 e. The Morgan fingerprint density at radius 3 is 2.73 bits per heavy atom. The standard InChI is InChI=1S/C20H20N4O2/c1-23-10-8-21-17(23)13-24-9-7-16-15(12-24)11-22-19(18(16)20(25)26)14-5-3-2-4-6-14/h2-6,8,10-11H,7,9,12-13H2,1H3,(H,25,26). The molecule has 0 amide bonds. The highest BCUT2D eigenvalue weighted by atomic mass is 16.4. The Bertz CT molecular complexity index is 950. The largest absolute Gasteiger partial charge is 0.478 e. The predicted molar refractivity (Wildman–Crippen MR) is 97.7 cm³/mol. The third kappa shape index (κ3) is 2.99. The van der Waals surface area contributed by atoms with E-state index in [4.69, 9.17) is 0 Å². The molecular formula is C20H20N4O2. The SMILES string of the molecule is Cn1ccnc1CN1CCc2c(cnc(-c3ccccc3)c2C(=O)O)C1. The van der Waals surface area contributed by atoms with Gasteiger partial charge >= 0.3 is 5.97 Å². The molecule has 2 aromatic heterocycles. The molecule has 6 heteroatoms. The van der Waals surface area contributed by atoms with Gasteiger partial charge in [0.05, 0.1) is 17.8 Å². The van der Waals surface area contributed by atoms with Crippen molar-refractivity contribution < 1.29 is 9.90 Å². The summed E-state index contributed by atoms with van der Waals surface area (Å²) in [6, 6.07) is 9.51. The van der Waals surface area contributed by atoms with Crippen molar-refractivity contribution in [1.82, 2.24) is 19.4 Å². The quantitative estimate of drug-likeness (QED) is 0.785. The highest BCUT2D eigenvalue weighted by molar-refractivity contribution is 5.96. The topological polar surface area (TPSA) is 71.2 Å². The van der Waals surface area contributed by atoms with Gasteiger partial charge in [0.2, 0.25) is 0 Å². The Hall–Kier alpha value is -2.99. The summed E-state index contributed by atoms with van der Waals surface area (Å²) in [7, 11) is 1.98. The summed E-state index contributed by atoms with van der Waals surface area (Å²) in [5, 5.41) is 9.83. The first kappa shape index (κ1) is 16.5. The summed E-state index contributed by atoms with van der Waals surface area (Å²) in [5.74, 6) is 0.0894. The zero-order valence-electron chi connectivity index (χ0n) is 14.6. The number of carboxylic acid groups (broad SMARTS) is 1. The molecule has 0 atom stereocenters. The maximum atomic E-state index is 12.0. The molecule has 26 heavy (non-hydrogen) atoms. The van der Waals surface area contributed by atoms with E-state index in [0.29, 0.717) is 24.2 Å². The Labute approximate surface area is 151 Å². The number of aromatic carboxylic acids is 1. The molecule has 0 fully saturated rings. The number of carbonyl (C=O) groups is 1. The second kappa shape index (κ2) is 6.72. The molecule has 0 unspecified atom stereocenters. The second-order valence-corrected chi connectivity index (χ2v) is 6.57. The van der Waals surface area contributed by atoms with Crippen molar-refractivity contribution in [2.45, 2.75) is 19.5 Å². The van der Waals surface area contributed by atoms with Gasteiger partial charge in [0.1, 0.15) is 5.82 Å². The lowest BCUT2D eigenvalue weighted by molar-refractivity contribution is 0.0695. The van der Waals surface area contributed by atoms with E-state index in [1.807, 2.05) is 54.3 Å². The number of aryl methyl sites for hydroxylation is 1. The summed E-state index contributed by atoms with van der Waals surface area (Å²) in [4.78, 5) is 23.1. The van der Waals surface area contributed by atoms with Crippen molar-refractivity contribution in [2.75, 3.05) is 6.54 Å². The van der Waals surface area contributed by atoms with Crippen LogP contribution < -0.4 is 0 Å². The van der Waals surface area contributed by atoms with Crippen molar-refractivity contribution in [3.8, 4) is 11.3 Å². The maximum absolute atomic E-state index is 12.0. The molecule has 0 bridgehead atoms. The van der Waals surface area contributed by atoms with Crippen LogP contribution in [0, 0.1) is 0 Å². The Morgan fingerprint density at radius 1 is 1.23 bits per heavy atom. The van der Waals surface area contributed by atoms with Gasteiger partial charge in [-0.3, -0.25) is 9.88 Å². The van der Waals surface area contributed by atoms with Crippen molar-refractivity contribution in [2.24, 2.45) is 7.05 Å². The number of hydrogen-bond donors (Lipinski definition) is 1. The Balaban J connectivity index is 1.68. The number of hydrogen-bond acceptors (Lipinski definition) is 4. The normalized spacial score (nSPS) is 14.2. The molecule has 1 aliphatic rings. The van der Waals surface area contributed by atoms with Gasteiger partial charge in [-0.25, -0.2) is 9.78 Å². The van der Waals surface area contributed by atoms with Crippen LogP contribution in [0.1, 0.15) is 27.3 Å². The number of fused-ring (bicyclic) bond motifs is 1. The van der Waals surface area contributed by atoms with Gasteiger partial charge in [0, 0.05) is 44.3 Å². The second-order valence-electron chi connectivity index (χ2n) is 6.57. The number of carboxylic acids is 1. The number of rotatable bonds is 4. The summed E-state index contributed by atoms with van der Waals surface area (Å²) < 4.78 is 2.01. The van der Waals surface area contributed by atoms with E-state index < -0.39 is 5.97 Å². The third-order valence-electron chi connectivity index (χ3n) is 4.89. The molecule has 0 aliphatic carbocycles. The average Bonchev–Trinajstić information content (AvgIpc) is 3.06. The van der Waals surface area contributed by atoms with E-state index in [2.05, 4.69) is 14.9 Å². The van der Waals surface area contributed by atoms with Gasteiger partial charge in [0.15, 0.2) is 0 Å².